The van der Waals surface area contributed by atoms with E-state index in [0.717, 1.165) is 18.8 Å². The Balaban J connectivity index is 2.18. The molecule has 0 bridgehead atoms. The molecule has 0 aromatic rings. The summed E-state index contributed by atoms with van der Waals surface area (Å²) >= 11 is 0. The van der Waals surface area contributed by atoms with Gasteiger partial charge < -0.3 is 5.43 Å². The van der Waals surface area contributed by atoms with Gasteiger partial charge in [-0.2, -0.15) is 0 Å². The quantitative estimate of drug-likeness (QED) is 0.507. The molecule has 2 rings (SSSR count). The fraction of sp³-hybridized carbons (Fsp3) is 0.571. The van der Waals surface area contributed by atoms with Crippen molar-refractivity contribution in [1.29, 1.82) is 0 Å². The molecule has 1 atom stereocenters. The molecule has 1 fully saturated rings. The Labute approximate surface area is 60.2 Å². The topological polar surface area (TPSA) is 36.4 Å². The molecule has 3 nitrogen and oxygen atoms in total. The van der Waals surface area contributed by atoms with Crippen molar-refractivity contribution in [3.8, 4) is 0 Å². The lowest BCUT2D eigenvalue weighted by molar-refractivity contribution is 0.619. The van der Waals surface area contributed by atoms with Crippen LogP contribution in [0.5, 0.6) is 0 Å². The van der Waals surface area contributed by atoms with E-state index in [1.54, 1.807) is 0 Å². The average Bonchev–Trinajstić information content (AvgIpc) is 2.28. The van der Waals surface area contributed by atoms with E-state index >= 15 is 0 Å². The van der Waals surface area contributed by atoms with Crippen molar-refractivity contribution in [3.05, 3.63) is 12.3 Å². The minimum atomic E-state index is 0.620. The van der Waals surface area contributed by atoms with Gasteiger partial charge in [0.05, 0.1) is 0 Å². The van der Waals surface area contributed by atoms with E-state index in [1.807, 2.05) is 6.20 Å². The molecule has 3 heteroatoms. The molecule has 0 aliphatic carbocycles. The number of nitrogens with zero attached hydrogens (tertiary/aromatic N) is 1. The lowest BCUT2D eigenvalue weighted by Crippen LogP contribution is -2.26. The zero-order chi connectivity index (χ0) is 6.81. The summed E-state index contributed by atoms with van der Waals surface area (Å²) in [6.45, 7) is 1.03. The number of hydrogen-bond acceptors (Lipinski definition) is 3. The molecular weight excluding hydrogens is 126 g/mol. The number of nitrogens with one attached hydrogen (secondary N) is 2. The second-order valence-electron chi connectivity index (χ2n) is 2.68. The fourth-order valence-corrected chi connectivity index (χ4v) is 1.34. The fourth-order valence-electron chi connectivity index (χ4n) is 1.34. The smallest absolute Gasteiger partial charge is 0.120 e. The summed E-state index contributed by atoms with van der Waals surface area (Å²) in [7, 11) is 0. The van der Waals surface area contributed by atoms with Crippen LogP contribution in [0, 0.1) is 5.92 Å². The maximum absolute atomic E-state index is 4.25. The predicted octanol–water partition coefficient (Wildman–Crippen LogP) is 0.416. The molecule has 1 unspecified atom stereocenters. The van der Waals surface area contributed by atoms with E-state index in [-0.39, 0.29) is 0 Å². The summed E-state index contributed by atoms with van der Waals surface area (Å²) in [6.07, 6.45) is 6.37. The van der Waals surface area contributed by atoms with E-state index < -0.39 is 0 Å². The lowest BCUT2D eigenvalue weighted by atomic mass is 10.0. The number of amidine groups is 1. The van der Waals surface area contributed by atoms with Crippen LogP contribution in [0.4, 0.5) is 0 Å². The molecule has 2 N–H and O–H groups in total. The minimum Gasteiger partial charge on any atom is -0.309 e. The third-order valence-corrected chi connectivity index (χ3v) is 1.95. The van der Waals surface area contributed by atoms with E-state index in [0.29, 0.717) is 5.92 Å². The number of aliphatic imine (C=N–C) groups is 1. The minimum absolute atomic E-state index is 0.620. The van der Waals surface area contributed by atoms with Gasteiger partial charge in [-0.1, -0.05) is 6.08 Å². The Bertz CT molecular complexity index is 183. The highest BCUT2D eigenvalue weighted by molar-refractivity contribution is 5.86. The molecule has 54 valence electrons. The Morgan fingerprint density at radius 3 is 3.60 bits per heavy atom. The Morgan fingerprint density at radius 1 is 1.60 bits per heavy atom. The average molecular weight is 137 g/mol. The summed E-state index contributed by atoms with van der Waals surface area (Å²) in [4.78, 5) is 4.25. The molecule has 2 aliphatic rings. The number of rotatable bonds is 0. The van der Waals surface area contributed by atoms with Gasteiger partial charge in [0.1, 0.15) is 5.84 Å². The number of fused-ring (bicyclic) bond motifs is 1. The normalized spacial score (nSPS) is 30.4. The predicted molar refractivity (Wildman–Crippen MR) is 40.4 cm³/mol. The van der Waals surface area contributed by atoms with E-state index in [4.69, 9.17) is 0 Å². The van der Waals surface area contributed by atoms with Gasteiger partial charge in [0.2, 0.25) is 0 Å². The zero-order valence-electron chi connectivity index (χ0n) is 5.80. The first-order chi connectivity index (χ1) is 4.97. The van der Waals surface area contributed by atoms with Gasteiger partial charge in [-0.05, 0) is 12.8 Å². The van der Waals surface area contributed by atoms with Crippen LogP contribution in [0.15, 0.2) is 17.3 Å². The highest BCUT2D eigenvalue weighted by atomic mass is 15.4. The number of allylic oxidation sites excluding steroid dienone is 1. The maximum Gasteiger partial charge on any atom is 0.120 e. The van der Waals surface area contributed by atoms with Crippen LogP contribution in [-0.4, -0.2) is 12.4 Å². The van der Waals surface area contributed by atoms with Crippen molar-refractivity contribution in [1.82, 2.24) is 10.9 Å². The van der Waals surface area contributed by atoms with Gasteiger partial charge in [0, 0.05) is 18.7 Å². The van der Waals surface area contributed by atoms with Crippen molar-refractivity contribution in [2.24, 2.45) is 10.9 Å². The van der Waals surface area contributed by atoms with Gasteiger partial charge >= 0.3 is 0 Å². The first-order valence-corrected chi connectivity index (χ1v) is 3.68. The summed E-state index contributed by atoms with van der Waals surface area (Å²) in [5, 5.41) is 0. The van der Waals surface area contributed by atoms with Crippen LogP contribution in [0.1, 0.15) is 12.8 Å². The van der Waals surface area contributed by atoms with Crippen LogP contribution in [0.3, 0.4) is 0 Å². The van der Waals surface area contributed by atoms with Crippen molar-refractivity contribution >= 4 is 5.84 Å². The van der Waals surface area contributed by atoms with Crippen molar-refractivity contribution in [3.63, 3.8) is 0 Å². The van der Waals surface area contributed by atoms with E-state index in [9.17, 15) is 0 Å². The number of hydrogen-bond donors (Lipinski definition) is 2. The van der Waals surface area contributed by atoms with Gasteiger partial charge in [0.25, 0.3) is 0 Å². The van der Waals surface area contributed by atoms with Gasteiger partial charge in [0.15, 0.2) is 0 Å². The first-order valence-electron chi connectivity index (χ1n) is 3.68. The maximum atomic E-state index is 4.25. The summed E-state index contributed by atoms with van der Waals surface area (Å²) in [6, 6.07) is 0. The van der Waals surface area contributed by atoms with Crippen molar-refractivity contribution in [2.75, 3.05) is 6.54 Å². The zero-order valence-corrected chi connectivity index (χ0v) is 5.80. The first kappa shape index (κ1) is 5.92. The molecule has 0 aromatic carbocycles. The Hall–Kier alpha value is -0.830. The summed E-state index contributed by atoms with van der Waals surface area (Å²) in [5.74, 6) is 1.73. The third-order valence-electron chi connectivity index (χ3n) is 1.95. The molecule has 0 radical (unpaired) electrons. The van der Waals surface area contributed by atoms with E-state index in [2.05, 4.69) is 21.9 Å². The highest BCUT2D eigenvalue weighted by Crippen LogP contribution is 2.13. The van der Waals surface area contributed by atoms with Crippen LogP contribution in [0.2, 0.25) is 0 Å². The lowest BCUT2D eigenvalue weighted by Gasteiger charge is -2.02. The molecule has 1 saturated heterocycles. The van der Waals surface area contributed by atoms with Gasteiger partial charge in [-0.3, -0.25) is 0 Å². The SMILES string of the molecule is C1=CN=C2NNCC2CC1. The molecule has 0 aromatic heterocycles. The molecule has 0 spiro atoms. The molecular formula is C7H11N3. The number of hydrazine groups is 1. The second-order valence-corrected chi connectivity index (χ2v) is 2.68. The van der Waals surface area contributed by atoms with E-state index in [1.165, 1.54) is 6.42 Å². The van der Waals surface area contributed by atoms with Gasteiger partial charge in [-0.15, -0.1) is 0 Å². The van der Waals surface area contributed by atoms with Crippen LogP contribution in [0.25, 0.3) is 0 Å². The molecule has 2 aliphatic heterocycles. The van der Waals surface area contributed by atoms with Crippen LogP contribution >= 0.6 is 0 Å². The molecule has 10 heavy (non-hydrogen) atoms. The Morgan fingerprint density at radius 2 is 2.60 bits per heavy atom. The highest BCUT2D eigenvalue weighted by Gasteiger charge is 2.21. The van der Waals surface area contributed by atoms with Crippen molar-refractivity contribution in [2.45, 2.75) is 12.8 Å². The standard InChI is InChI=1S/C7H11N3/c1-2-4-8-7-6(3-1)5-9-10-7/h2,4,6,9H,1,3,5H2,(H,8,10). The largest absolute Gasteiger partial charge is 0.309 e. The third kappa shape index (κ3) is 0.926. The van der Waals surface area contributed by atoms with Crippen molar-refractivity contribution < 1.29 is 0 Å². The van der Waals surface area contributed by atoms with Crippen LogP contribution < -0.4 is 10.9 Å². The summed E-state index contributed by atoms with van der Waals surface area (Å²) in [5.41, 5.74) is 6.12. The monoisotopic (exact) mass is 137 g/mol. The Kier molecular flexibility index (Phi) is 1.43. The van der Waals surface area contributed by atoms with Gasteiger partial charge in [-0.25, -0.2) is 10.4 Å². The second kappa shape index (κ2) is 2.42. The molecule has 0 amide bonds. The summed E-state index contributed by atoms with van der Waals surface area (Å²) < 4.78 is 0. The molecule has 2 heterocycles. The molecule has 0 saturated carbocycles. The van der Waals surface area contributed by atoms with Crippen LogP contribution in [-0.2, 0) is 0 Å².